The molecule has 2 N–H and O–H groups in total. The van der Waals surface area contributed by atoms with Gasteiger partial charge < -0.3 is 10.2 Å². The zero-order chi connectivity index (χ0) is 19.7. The van der Waals surface area contributed by atoms with Gasteiger partial charge in [0.25, 0.3) is 0 Å². The van der Waals surface area contributed by atoms with E-state index in [1.54, 1.807) is 0 Å². The van der Waals surface area contributed by atoms with Gasteiger partial charge in [0.05, 0.1) is 0 Å². The van der Waals surface area contributed by atoms with Crippen LogP contribution in [0.5, 0.6) is 11.5 Å². The molecule has 0 radical (unpaired) electrons. The van der Waals surface area contributed by atoms with Crippen molar-refractivity contribution >= 4 is 10.0 Å². The van der Waals surface area contributed by atoms with Crippen LogP contribution in [0.25, 0.3) is 0 Å². The number of aromatic hydroxyl groups is 2. The Morgan fingerprint density at radius 2 is 1.35 bits per heavy atom. The molecule has 1 aromatic carbocycles. The summed E-state index contributed by atoms with van der Waals surface area (Å²) in [5.41, 5.74) is 0.689. The summed E-state index contributed by atoms with van der Waals surface area (Å²) in [5, 5.41) is 20.3. The van der Waals surface area contributed by atoms with Crippen molar-refractivity contribution in [3.8, 4) is 11.5 Å². The molecule has 1 aromatic rings. The lowest BCUT2D eigenvalue weighted by atomic mass is 10.1. The number of phenols is 2. The number of hydrogen-bond acceptors (Lipinski definition) is 5. The van der Waals surface area contributed by atoms with Crippen LogP contribution in [0, 0.1) is 0 Å². The van der Waals surface area contributed by atoms with Gasteiger partial charge in [0, 0.05) is 19.6 Å². The predicted octanol–water partition coefficient (Wildman–Crippen LogP) is 3.53. The molecule has 0 heterocycles. The van der Waals surface area contributed by atoms with Crippen molar-refractivity contribution < 1.29 is 18.6 Å². The van der Waals surface area contributed by atoms with Crippen molar-refractivity contribution in [3.05, 3.63) is 17.7 Å². The predicted molar refractivity (Wildman–Crippen MR) is 105 cm³/mol. The highest BCUT2D eigenvalue weighted by Gasteiger charge is 2.28. The Morgan fingerprint density at radius 1 is 0.846 bits per heavy atom. The third kappa shape index (κ3) is 5.86. The fourth-order valence-electron chi connectivity index (χ4n) is 3.09. The van der Waals surface area contributed by atoms with E-state index in [9.17, 15) is 18.6 Å². The quantitative estimate of drug-likeness (QED) is 0.537. The lowest BCUT2D eigenvalue weighted by molar-refractivity contribution is 0.265. The van der Waals surface area contributed by atoms with Gasteiger partial charge in [0.1, 0.15) is 4.90 Å². The fourth-order valence-corrected chi connectivity index (χ4v) is 4.86. The highest BCUT2D eigenvalue weighted by atomic mass is 32.2. The minimum atomic E-state index is -3.86. The SMILES string of the molecule is CCCN(CCC)Cc1cc(O)c(O)c(S(=O)(=O)N(CCC)CCC)c1. The van der Waals surface area contributed by atoms with Crippen LogP contribution in [-0.4, -0.2) is 54.0 Å². The summed E-state index contributed by atoms with van der Waals surface area (Å²) in [5.74, 6) is -0.953. The van der Waals surface area contributed by atoms with E-state index in [0.29, 0.717) is 38.0 Å². The first-order valence-electron chi connectivity index (χ1n) is 9.59. The van der Waals surface area contributed by atoms with E-state index < -0.39 is 15.8 Å². The lowest BCUT2D eigenvalue weighted by Crippen LogP contribution is -2.32. The second kappa shape index (κ2) is 10.7. The number of hydrogen-bond donors (Lipinski definition) is 2. The molecule has 0 saturated carbocycles. The van der Waals surface area contributed by atoms with Crippen LogP contribution in [0.2, 0.25) is 0 Å². The molecule has 0 saturated heterocycles. The highest BCUT2D eigenvalue weighted by molar-refractivity contribution is 7.89. The van der Waals surface area contributed by atoms with E-state index >= 15 is 0 Å². The van der Waals surface area contributed by atoms with Gasteiger partial charge in [-0.25, -0.2) is 8.42 Å². The van der Waals surface area contributed by atoms with Crippen molar-refractivity contribution in [2.45, 2.75) is 64.8 Å². The van der Waals surface area contributed by atoms with Crippen molar-refractivity contribution in [2.24, 2.45) is 0 Å². The molecule has 0 aromatic heterocycles. The molecular weight excluding hydrogens is 352 g/mol. The first-order valence-corrected chi connectivity index (χ1v) is 11.0. The molecular formula is C19H34N2O4S. The van der Waals surface area contributed by atoms with Gasteiger partial charge in [0.15, 0.2) is 11.5 Å². The van der Waals surface area contributed by atoms with E-state index in [2.05, 4.69) is 18.7 Å². The van der Waals surface area contributed by atoms with Gasteiger partial charge in [-0.1, -0.05) is 27.7 Å². The minimum absolute atomic E-state index is 0.206. The molecule has 0 atom stereocenters. The van der Waals surface area contributed by atoms with Crippen molar-refractivity contribution in [1.82, 2.24) is 9.21 Å². The average Bonchev–Trinajstić information content (AvgIpc) is 2.58. The summed E-state index contributed by atoms with van der Waals surface area (Å²) in [6.45, 7) is 11.1. The molecule has 0 spiro atoms. The van der Waals surface area contributed by atoms with Gasteiger partial charge in [0.2, 0.25) is 10.0 Å². The van der Waals surface area contributed by atoms with Gasteiger partial charge >= 0.3 is 0 Å². The summed E-state index contributed by atoms with van der Waals surface area (Å²) in [6.07, 6.45) is 3.37. The molecule has 0 aliphatic carbocycles. The third-order valence-corrected chi connectivity index (χ3v) is 6.08. The van der Waals surface area contributed by atoms with Crippen LogP contribution in [0.4, 0.5) is 0 Å². The van der Waals surface area contributed by atoms with Gasteiger partial charge in [-0.05, 0) is 56.5 Å². The maximum absolute atomic E-state index is 13.0. The molecule has 26 heavy (non-hydrogen) atoms. The van der Waals surface area contributed by atoms with Crippen LogP contribution in [0.3, 0.4) is 0 Å². The zero-order valence-electron chi connectivity index (χ0n) is 16.5. The summed E-state index contributed by atoms with van der Waals surface area (Å²) in [7, 11) is -3.86. The topological polar surface area (TPSA) is 81.1 Å². The molecule has 150 valence electrons. The molecule has 7 heteroatoms. The average molecular weight is 387 g/mol. The van der Waals surface area contributed by atoms with Crippen LogP contribution in [0.15, 0.2) is 17.0 Å². The Labute approximate surface area is 158 Å². The molecule has 0 aliphatic rings. The zero-order valence-corrected chi connectivity index (χ0v) is 17.3. The molecule has 0 amide bonds. The summed E-state index contributed by atoms with van der Waals surface area (Å²) < 4.78 is 27.4. The monoisotopic (exact) mass is 386 g/mol. The van der Waals surface area contributed by atoms with E-state index in [-0.39, 0.29) is 10.6 Å². The maximum Gasteiger partial charge on any atom is 0.246 e. The normalized spacial score (nSPS) is 12.2. The van der Waals surface area contributed by atoms with Gasteiger partial charge in [-0.15, -0.1) is 0 Å². The largest absolute Gasteiger partial charge is 0.504 e. The Morgan fingerprint density at radius 3 is 1.81 bits per heavy atom. The number of sulfonamides is 1. The van der Waals surface area contributed by atoms with Crippen LogP contribution in [-0.2, 0) is 16.6 Å². The highest BCUT2D eigenvalue weighted by Crippen LogP contribution is 2.36. The number of nitrogens with zero attached hydrogens (tertiary/aromatic N) is 2. The molecule has 6 nitrogen and oxygen atoms in total. The molecule has 0 unspecified atom stereocenters. The van der Waals surface area contributed by atoms with Gasteiger partial charge in [-0.2, -0.15) is 4.31 Å². The second-order valence-corrected chi connectivity index (χ2v) is 8.55. The number of rotatable bonds is 12. The molecule has 0 aliphatic heterocycles. The Hall–Kier alpha value is -1.31. The summed E-state index contributed by atoms with van der Waals surface area (Å²) in [4.78, 5) is 2.01. The lowest BCUT2D eigenvalue weighted by Gasteiger charge is -2.24. The van der Waals surface area contributed by atoms with Gasteiger partial charge in [-0.3, -0.25) is 4.90 Å². The Kier molecular flexibility index (Phi) is 9.39. The maximum atomic E-state index is 13.0. The standard InChI is InChI=1S/C19H34N2O4S/c1-5-9-20(10-6-2)15-16-13-17(22)19(23)18(14-16)26(24,25)21(11-7-3)12-8-4/h13-14,22-23H,5-12,15H2,1-4H3. The van der Waals surface area contributed by atoms with Crippen LogP contribution in [0.1, 0.15) is 58.9 Å². The van der Waals surface area contributed by atoms with E-state index in [1.807, 2.05) is 13.8 Å². The van der Waals surface area contributed by atoms with E-state index in [1.165, 1.54) is 16.4 Å². The second-order valence-electron chi connectivity index (χ2n) is 6.64. The van der Waals surface area contributed by atoms with Crippen molar-refractivity contribution in [1.29, 1.82) is 0 Å². The number of benzene rings is 1. The number of phenolic OH excluding ortho intramolecular Hbond substituents is 2. The van der Waals surface area contributed by atoms with Crippen molar-refractivity contribution in [2.75, 3.05) is 26.2 Å². The van der Waals surface area contributed by atoms with Crippen LogP contribution < -0.4 is 0 Å². The van der Waals surface area contributed by atoms with E-state index in [0.717, 1.165) is 25.9 Å². The first-order chi connectivity index (χ1) is 12.3. The molecule has 1 rings (SSSR count). The summed E-state index contributed by atoms with van der Waals surface area (Å²) >= 11 is 0. The Bertz CT molecular complexity index is 650. The molecule has 0 bridgehead atoms. The Balaban J connectivity index is 3.28. The van der Waals surface area contributed by atoms with E-state index in [4.69, 9.17) is 0 Å². The fraction of sp³-hybridized carbons (Fsp3) is 0.684. The smallest absolute Gasteiger partial charge is 0.246 e. The first kappa shape index (κ1) is 22.7. The minimum Gasteiger partial charge on any atom is -0.504 e. The van der Waals surface area contributed by atoms with Crippen LogP contribution >= 0.6 is 0 Å². The molecule has 0 fully saturated rings. The summed E-state index contributed by atoms with van der Waals surface area (Å²) in [6, 6.07) is 2.96. The van der Waals surface area contributed by atoms with Crippen molar-refractivity contribution in [3.63, 3.8) is 0 Å². The third-order valence-electron chi connectivity index (χ3n) is 4.16.